The van der Waals surface area contributed by atoms with Gasteiger partial charge in [0, 0.05) is 0 Å². The van der Waals surface area contributed by atoms with Gasteiger partial charge in [-0.25, -0.2) is 0 Å². The zero-order valence-electron chi connectivity index (χ0n) is 11.8. The molecular formula is C15H17N3O4. The molecule has 0 aliphatic rings. The first-order valence-electron chi connectivity index (χ1n) is 6.84. The van der Waals surface area contributed by atoms with Crippen molar-refractivity contribution in [1.82, 2.24) is 9.97 Å². The number of anilines is 1. The number of rotatable bonds is 6. The third-order valence-corrected chi connectivity index (χ3v) is 3.43. The standard InChI is InChI=1S/C15H17N3O4/c16-15-17-12(19)11(13(20)18-15)8-4-7-10(14(21)22)9-5-2-1-3-6-9/h1-3,5-6,10H,4,7-8H2,(H,21,22)(H4,16,17,18,19,20). The third kappa shape index (κ3) is 3.63. The fraction of sp³-hybridized carbons (Fsp3) is 0.267. The van der Waals surface area contributed by atoms with Crippen LogP contribution in [-0.2, 0) is 11.2 Å². The number of aromatic amines is 1. The second kappa shape index (κ2) is 6.75. The van der Waals surface area contributed by atoms with Gasteiger partial charge in [0.2, 0.25) is 11.8 Å². The molecule has 1 atom stereocenters. The number of nitrogen functional groups attached to an aromatic ring is 1. The van der Waals surface area contributed by atoms with Gasteiger partial charge in [-0.2, -0.15) is 4.98 Å². The van der Waals surface area contributed by atoms with Crippen LogP contribution in [0.5, 0.6) is 5.88 Å². The van der Waals surface area contributed by atoms with Gasteiger partial charge in [0.1, 0.15) is 0 Å². The summed E-state index contributed by atoms with van der Waals surface area (Å²) < 4.78 is 0. The van der Waals surface area contributed by atoms with Crippen molar-refractivity contribution in [3.8, 4) is 5.88 Å². The fourth-order valence-corrected chi connectivity index (χ4v) is 2.33. The minimum atomic E-state index is -0.917. The maximum Gasteiger partial charge on any atom is 0.310 e. The molecule has 116 valence electrons. The molecule has 0 saturated heterocycles. The molecule has 5 N–H and O–H groups in total. The zero-order valence-corrected chi connectivity index (χ0v) is 11.8. The second-order valence-corrected chi connectivity index (χ2v) is 4.95. The Morgan fingerprint density at radius 2 is 2.00 bits per heavy atom. The van der Waals surface area contributed by atoms with Gasteiger partial charge in [-0.15, -0.1) is 0 Å². The van der Waals surface area contributed by atoms with Crippen molar-refractivity contribution in [3.63, 3.8) is 0 Å². The molecular weight excluding hydrogens is 286 g/mol. The third-order valence-electron chi connectivity index (χ3n) is 3.43. The highest BCUT2D eigenvalue weighted by Crippen LogP contribution is 2.23. The minimum absolute atomic E-state index is 0.117. The van der Waals surface area contributed by atoms with E-state index in [2.05, 4.69) is 9.97 Å². The van der Waals surface area contributed by atoms with Gasteiger partial charge in [0.15, 0.2) is 0 Å². The molecule has 2 aromatic rings. The molecule has 1 aromatic carbocycles. The number of nitrogens with one attached hydrogen (secondary N) is 1. The van der Waals surface area contributed by atoms with Crippen molar-refractivity contribution in [1.29, 1.82) is 0 Å². The summed E-state index contributed by atoms with van der Waals surface area (Å²) in [5.41, 5.74) is 5.64. The lowest BCUT2D eigenvalue weighted by Gasteiger charge is -2.12. The van der Waals surface area contributed by atoms with E-state index in [0.717, 1.165) is 0 Å². The molecule has 1 aromatic heterocycles. The number of nitrogens with two attached hydrogens (primary N) is 1. The Hall–Kier alpha value is -2.83. The fourth-order valence-electron chi connectivity index (χ4n) is 2.33. The minimum Gasteiger partial charge on any atom is -0.493 e. The summed E-state index contributed by atoms with van der Waals surface area (Å²) in [6.45, 7) is 0. The first-order valence-corrected chi connectivity index (χ1v) is 6.84. The van der Waals surface area contributed by atoms with Crippen LogP contribution in [-0.4, -0.2) is 26.2 Å². The first kappa shape index (κ1) is 15.6. The molecule has 2 rings (SSSR count). The van der Waals surface area contributed by atoms with E-state index in [4.69, 9.17) is 5.73 Å². The average molecular weight is 303 g/mol. The van der Waals surface area contributed by atoms with E-state index >= 15 is 0 Å². The van der Waals surface area contributed by atoms with Crippen LogP contribution >= 0.6 is 0 Å². The zero-order chi connectivity index (χ0) is 16.1. The van der Waals surface area contributed by atoms with Crippen LogP contribution in [0.2, 0.25) is 0 Å². The van der Waals surface area contributed by atoms with Crippen molar-refractivity contribution >= 4 is 11.9 Å². The molecule has 0 bridgehead atoms. The lowest BCUT2D eigenvalue weighted by Crippen LogP contribution is -2.17. The molecule has 0 aliphatic heterocycles. The second-order valence-electron chi connectivity index (χ2n) is 4.95. The quantitative estimate of drug-likeness (QED) is 0.635. The molecule has 0 saturated carbocycles. The number of carboxylic acid groups (broad SMARTS) is 1. The summed E-state index contributed by atoms with van der Waals surface area (Å²) in [6.07, 6.45) is 1.00. The topological polar surface area (TPSA) is 129 Å². The van der Waals surface area contributed by atoms with E-state index in [0.29, 0.717) is 18.4 Å². The number of H-pyrrole nitrogens is 1. The summed E-state index contributed by atoms with van der Waals surface area (Å²) >= 11 is 0. The smallest absolute Gasteiger partial charge is 0.310 e. The average Bonchev–Trinajstić information content (AvgIpc) is 2.46. The van der Waals surface area contributed by atoms with E-state index in [-0.39, 0.29) is 17.9 Å². The van der Waals surface area contributed by atoms with Crippen molar-refractivity contribution in [2.75, 3.05) is 5.73 Å². The number of carbonyl (C=O) groups is 1. The monoisotopic (exact) mass is 303 g/mol. The molecule has 7 nitrogen and oxygen atoms in total. The molecule has 0 radical (unpaired) electrons. The molecule has 7 heteroatoms. The number of benzene rings is 1. The van der Waals surface area contributed by atoms with Gasteiger partial charge in [-0.3, -0.25) is 14.6 Å². The van der Waals surface area contributed by atoms with Gasteiger partial charge < -0.3 is 15.9 Å². The van der Waals surface area contributed by atoms with Crippen LogP contribution in [0.4, 0.5) is 5.95 Å². The number of hydrogen-bond acceptors (Lipinski definition) is 5. The van der Waals surface area contributed by atoms with Crippen molar-refractivity contribution < 1.29 is 15.0 Å². The first-order chi connectivity index (χ1) is 10.5. The maximum atomic E-state index is 11.7. The summed E-state index contributed by atoms with van der Waals surface area (Å²) in [5, 5.41) is 19.0. The molecule has 1 unspecified atom stereocenters. The Bertz CT molecular complexity index is 712. The van der Waals surface area contributed by atoms with Crippen LogP contribution < -0.4 is 11.3 Å². The Morgan fingerprint density at radius 1 is 1.32 bits per heavy atom. The van der Waals surface area contributed by atoms with Gasteiger partial charge in [-0.1, -0.05) is 30.3 Å². The van der Waals surface area contributed by atoms with E-state index in [9.17, 15) is 19.8 Å². The van der Waals surface area contributed by atoms with Crippen LogP contribution in [0.25, 0.3) is 0 Å². The lowest BCUT2D eigenvalue weighted by molar-refractivity contribution is -0.139. The Morgan fingerprint density at radius 3 is 2.59 bits per heavy atom. The largest absolute Gasteiger partial charge is 0.493 e. The molecule has 0 fully saturated rings. The summed E-state index contributed by atoms with van der Waals surface area (Å²) in [6, 6.07) is 8.90. The van der Waals surface area contributed by atoms with Crippen LogP contribution in [0.1, 0.15) is 29.9 Å². The highest BCUT2D eigenvalue weighted by molar-refractivity contribution is 5.75. The maximum absolute atomic E-state index is 11.7. The molecule has 0 spiro atoms. The van der Waals surface area contributed by atoms with Gasteiger partial charge in [0.05, 0.1) is 11.5 Å². The number of nitrogens with zero attached hydrogens (tertiary/aromatic N) is 1. The SMILES string of the molecule is Nc1nc(O)c(CCCC(C(=O)O)c2ccccc2)c(=O)[nH]1. The number of aliphatic carboxylic acids is 1. The summed E-state index contributed by atoms with van der Waals surface area (Å²) in [7, 11) is 0. The number of hydrogen-bond donors (Lipinski definition) is 4. The number of aromatic hydroxyl groups is 1. The Balaban J connectivity index is 2.06. The lowest BCUT2D eigenvalue weighted by atomic mass is 9.93. The van der Waals surface area contributed by atoms with Crippen molar-refractivity contribution in [3.05, 3.63) is 51.8 Å². The summed E-state index contributed by atoms with van der Waals surface area (Å²) in [4.78, 5) is 29.0. The normalized spacial score (nSPS) is 12.0. The number of carboxylic acids is 1. The Kier molecular flexibility index (Phi) is 4.77. The molecule has 0 aliphatic carbocycles. The van der Waals surface area contributed by atoms with Gasteiger partial charge in [0.25, 0.3) is 5.56 Å². The Labute approximate surface area is 126 Å². The van der Waals surface area contributed by atoms with Gasteiger partial charge in [-0.05, 0) is 24.8 Å². The highest BCUT2D eigenvalue weighted by Gasteiger charge is 2.20. The number of aromatic nitrogens is 2. The predicted molar refractivity (Wildman–Crippen MR) is 80.7 cm³/mol. The van der Waals surface area contributed by atoms with Crippen molar-refractivity contribution in [2.24, 2.45) is 0 Å². The van der Waals surface area contributed by atoms with Crippen molar-refractivity contribution in [2.45, 2.75) is 25.2 Å². The predicted octanol–water partition coefficient (Wildman–Crippen LogP) is 1.25. The van der Waals surface area contributed by atoms with Crippen LogP contribution in [0.3, 0.4) is 0 Å². The molecule has 22 heavy (non-hydrogen) atoms. The van der Waals surface area contributed by atoms with Crippen LogP contribution in [0, 0.1) is 0 Å². The van der Waals surface area contributed by atoms with E-state index in [1.165, 1.54) is 0 Å². The molecule has 0 amide bonds. The van der Waals surface area contributed by atoms with E-state index < -0.39 is 23.3 Å². The molecule has 1 heterocycles. The van der Waals surface area contributed by atoms with Gasteiger partial charge >= 0.3 is 5.97 Å². The van der Waals surface area contributed by atoms with E-state index in [1.807, 2.05) is 6.07 Å². The van der Waals surface area contributed by atoms with Crippen LogP contribution in [0.15, 0.2) is 35.1 Å². The summed E-state index contributed by atoms with van der Waals surface area (Å²) in [5.74, 6) is -2.13. The highest BCUT2D eigenvalue weighted by atomic mass is 16.4. The van der Waals surface area contributed by atoms with E-state index in [1.54, 1.807) is 24.3 Å².